The Hall–Kier alpha value is -3.13. The van der Waals surface area contributed by atoms with Crippen LogP contribution in [0.4, 0.5) is 0 Å². The predicted octanol–water partition coefficient (Wildman–Crippen LogP) is 3.08. The predicted molar refractivity (Wildman–Crippen MR) is 102 cm³/mol. The molecule has 0 saturated carbocycles. The summed E-state index contributed by atoms with van der Waals surface area (Å²) in [5.74, 6) is 0.455. The van der Waals surface area contributed by atoms with E-state index in [0.717, 1.165) is 11.4 Å². The fourth-order valence-corrected chi connectivity index (χ4v) is 4.62. The molecule has 0 amide bonds. The van der Waals surface area contributed by atoms with Gasteiger partial charge < -0.3 is 9.30 Å². The average Bonchev–Trinajstić information content (AvgIpc) is 3.27. The Bertz CT molecular complexity index is 1260. The number of benzene rings is 2. The monoisotopic (exact) mass is 382 g/mol. The lowest BCUT2D eigenvalue weighted by Gasteiger charge is -2.12. The number of hydrogen-bond acceptors (Lipinski definition) is 5. The highest BCUT2D eigenvalue weighted by atomic mass is 32.2. The first-order valence-electron chi connectivity index (χ1n) is 8.29. The maximum Gasteiger partial charge on any atom is 0.269 e. The molecule has 0 spiro atoms. The first-order chi connectivity index (χ1) is 12.9. The van der Waals surface area contributed by atoms with Crippen molar-refractivity contribution >= 4 is 21.1 Å². The lowest BCUT2D eigenvalue weighted by atomic mass is 10.2. The third-order valence-electron chi connectivity index (χ3n) is 4.42. The van der Waals surface area contributed by atoms with Gasteiger partial charge in [-0.2, -0.15) is 0 Å². The summed E-state index contributed by atoms with van der Waals surface area (Å²) in [6.07, 6.45) is 4.90. The van der Waals surface area contributed by atoms with Crippen LogP contribution in [0, 0.1) is 13.8 Å². The molecule has 0 radical (unpaired) electrons. The molecule has 0 atom stereocenters. The Morgan fingerprint density at radius 2 is 1.85 bits per heavy atom. The van der Waals surface area contributed by atoms with Gasteiger partial charge in [-0.1, -0.05) is 6.07 Å². The van der Waals surface area contributed by atoms with Crippen molar-refractivity contribution in [3.05, 3.63) is 66.5 Å². The summed E-state index contributed by atoms with van der Waals surface area (Å²) in [4.78, 5) is 8.63. The smallest absolute Gasteiger partial charge is 0.269 e. The van der Waals surface area contributed by atoms with Crippen LogP contribution in [0.5, 0.6) is 5.75 Å². The van der Waals surface area contributed by atoms with E-state index in [0.29, 0.717) is 22.3 Å². The van der Waals surface area contributed by atoms with E-state index in [2.05, 4.69) is 9.97 Å². The van der Waals surface area contributed by atoms with E-state index in [-0.39, 0.29) is 4.90 Å². The van der Waals surface area contributed by atoms with Gasteiger partial charge in [0.05, 0.1) is 29.5 Å². The van der Waals surface area contributed by atoms with Crippen molar-refractivity contribution in [1.29, 1.82) is 0 Å². The van der Waals surface area contributed by atoms with Crippen LogP contribution in [0.1, 0.15) is 11.3 Å². The number of fused-ring (bicyclic) bond motifs is 1. The molecular formula is C19H18N4O3S. The van der Waals surface area contributed by atoms with E-state index in [1.54, 1.807) is 43.6 Å². The molecule has 8 heteroatoms. The van der Waals surface area contributed by atoms with Crippen LogP contribution in [-0.4, -0.2) is 34.0 Å². The molecule has 0 unspecified atom stereocenters. The second kappa shape index (κ2) is 6.24. The number of hydrogen-bond donors (Lipinski definition) is 0. The Morgan fingerprint density at radius 3 is 2.52 bits per heavy atom. The van der Waals surface area contributed by atoms with Crippen LogP contribution in [0.25, 0.3) is 16.7 Å². The fourth-order valence-electron chi connectivity index (χ4n) is 3.11. The zero-order chi connectivity index (χ0) is 19.2. The highest BCUT2D eigenvalue weighted by Crippen LogP contribution is 2.29. The van der Waals surface area contributed by atoms with Gasteiger partial charge in [-0.15, -0.1) is 0 Å². The molecule has 27 heavy (non-hydrogen) atoms. The minimum atomic E-state index is -3.83. The normalized spacial score (nSPS) is 11.8. The maximum atomic E-state index is 13.3. The maximum absolute atomic E-state index is 13.3. The molecule has 2 aromatic carbocycles. The van der Waals surface area contributed by atoms with Gasteiger partial charge in [-0.3, -0.25) is 0 Å². The van der Waals surface area contributed by atoms with Gasteiger partial charge in [-0.05, 0) is 49.7 Å². The van der Waals surface area contributed by atoms with Crippen LogP contribution in [-0.2, 0) is 10.0 Å². The number of imidazole rings is 2. The first-order valence-corrected chi connectivity index (χ1v) is 9.73. The Labute approximate surface area is 156 Å². The summed E-state index contributed by atoms with van der Waals surface area (Å²) in [6, 6.07) is 10.4. The quantitative estimate of drug-likeness (QED) is 0.542. The molecule has 0 saturated heterocycles. The molecule has 4 rings (SSSR count). The van der Waals surface area contributed by atoms with Gasteiger partial charge in [0, 0.05) is 11.9 Å². The van der Waals surface area contributed by atoms with Crippen LogP contribution in [0.3, 0.4) is 0 Å². The Kier molecular flexibility index (Phi) is 4.00. The van der Waals surface area contributed by atoms with Gasteiger partial charge in [0.1, 0.15) is 17.6 Å². The van der Waals surface area contributed by atoms with Crippen molar-refractivity contribution in [2.24, 2.45) is 0 Å². The molecular weight excluding hydrogens is 364 g/mol. The number of ether oxygens (including phenoxy) is 1. The third-order valence-corrected chi connectivity index (χ3v) is 6.23. The van der Waals surface area contributed by atoms with Gasteiger partial charge >= 0.3 is 0 Å². The van der Waals surface area contributed by atoms with Gasteiger partial charge in [0.25, 0.3) is 10.0 Å². The average molecular weight is 382 g/mol. The second-order valence-electron chi connectivity index (χ2n) is 6.25. The van der Waals surface area contributed by atoms with E-state index in [9.17, 15) is 8.42 Å². The largest absolute Gasteiger partial charge is 0.494 e. The molecule has 0 aliphatic carbocycles. The molecule has 2 aromatic heterocycles. The summed E-state index contributed by atoms with van der Waals surface area (Å²) < 4.78 is 35.0. The lowest BCUT2D eigenvalue weighted by Crippen LogP contribution is -2.14. The van der Waals surface area contributed by atoms with Crippen LogP contribution >= 0.6 is 0 Å². The van der Waals surface area contributed by atoms with E-state index < -0.39 is 10.0 Å². The van der Waals surface area contributed by atoms with Gasteiger partial charge in [0.2, 0.25) is 0 Å². The summed E-state index contributed by atoms with van der Waals surface area (Å²) in [6.45, 7) is 3.68. The molecule has 138 valence electrons. The molecule has 0 fully saturated rings. The van der Waals surface area contributed by atoms with Crippen molar-refractivity contribution in [1.82, 2.24) is 18.5 Å². The molecule has 7 nitrogen and oxygen atoms in total. The number of methoxy groups -OCH3 is 1. The lowest BCUT2D eigenvalue weighted by molar-refractivity contribution is 0.418. The Morgan fingerprint density at radius 1 is 1.04 bits per heavy atom. The Balaban J connectivity index is 1.86. The number of para-hydroxylation sites is 1. The minimum Gasteiger partial charge on any atom is -0.494 e. The van der Waals surface area contributed by atoms with E-state index >= 15 is 0 Å². The SMILES string of the molecule is COc1cccc2ncn(S(=O)(=O)c3ccc(-n4cnc(C)c4)cc3C)c12. The van der Waals surface area contributed by atoms with E-state index in [4.69, 9.17) is 4.74 Å². The molecule has 0 bridgehead atoms. The van der Waals surface area contributed by atoms with Crippen LogP contribution in [0.15, 0.2) is 60.1 Å². The van der Waals surface area contributed by atoms with Crippen LogP contribution < -0.4 is 4.74 Å². The second-order valence-corrected chi connectivity index (χ2v) is 8.03. The van der Waals surface area contributed by atoms with E-state index in [1.165, 1.54) is 17.4 Å². The number of nitrogens with zero attached hydrogens (tertiary/aromatic N) is 4. The highest BCUT2D eigenvalue weighted by molar-refractivity contribution is 7.90. The number of aromatic nitrogens is 4. The fraction of sp³-hybridized carbons (Fsp3) is 0.158. The zero-order valence-electron chi connectivity index (χ0n) is 15.1. The summed E-state index contributed by atoms with van der Waals surface area (Å²) in [5, 5.41) is 0. The number of aryl methyl sites for hydroxylation is 2. The molecule has 0 N–H and O–H groups in total. The third kappa shape index (κ3) is 2.78. The van der Waals surface area contributed by atoms with Crippen LogP contribution in [0.2, 0.25) is 0 Å². The standard InChI is InChI=1S/C19H18N4O3S/c1-13-9-15(22-10-14(2)20-11-22)7-8-18(13)27(24,25)23-12-21-16-5-4-6-17(26-3)19(16)23/h4-12H,1-3H3. The molecule has 4 aromatic rings. The first kappa shape index (κ1) is 17.3. The summed E-state index contributed by atoms with van der Waals surface area (Å²) in [5.41, 5.74) is 3.35. The number of rotatable bonds is 4. The van der Waals surface area contributed by atoms with Crippen molar-refractivity contribution in [3.8, 4) is 11.4 Å². The molecule has 0 aliphatic rings. The summed E-state index contributed by atoms with van der Waals surface area (Å²) in [7, 11) is -2.32. The topological polar surface area (TPSA) is 79.0 Å². The molecule has 2 heterocycles. The highest BCUT2D eigenvalue weighted by Gasteiger charge is 2.23. The zero-order valence-corrected chi connectivity index (χ0v) is 15.9. The van der Waals surface area contributed by atoms with E-state index in [1.807, 2.05) is 23.8 Å². The molecule has 0 aliphatic heterocycles. The van der Waals surface area contributed by atoms with Crippen molar-refractivity contribution < 1.29 is 13.2 Å². The van der Waals surface area contributed by atoms with Crippen molar-refractivity contribution in [2.75, 3.05) is 7.11 Å². The van der Waals surface area contributed by atoms with Crippen molar-refractivity contribution in [3.63, 3.8) is 0 Å². The van der Waals surface area contributed by atoms with Gasteiger partial charge in [-0.25, -0.2) is 22.4 Å². The van der Waals surface area contributed by atoms with Gasteiger partial charge in [0.15, 0.2) is 0 Å². The van der Waals surface area contributed by atoms with Crippen molar-refractivity contribution in [2.45, 2.75) is 18.7 Å². The minimum absolute atomic E-state index is 0.216. The summed E-state index contributed by atoms with van der Waals surface area (Å²) >= 11 is 0.